The van der Waals surface area contributed by atoms with Crippen molar-refractivity contribution in [3.63, 3.8) is 0 Å². The molecule has 0 aromatic carbocycles. The van der Waals surface area contributed by atoms with Crippen LogP contribution in [-0.2, 0) is 19.0 Å². The van der Waals surface area contributed by atoms with Crippen LogP contribution in [0.3, 0.4) is 0 Å². The van der Waals surface area contributed by atoms with Gasteiger partial charge < -0.3 is 4.90 Å². The van der Waals surface area contributed by atoms with E-state index in [0.717, 1.165) is 55.0 Å². The lowest BCUT2D eigenvalue weighted by atomic mass is 9.92. The molecule has 4 heterocycles. The molecule has 1 aliphatic rings. The van der Waals surface area contributed by atoms with Crippen LogP contribution in [0.5, 0.6) is 0 Å². The fourth-order valence-corrected chi connectivity index (χ4v) is 3.78. The molecule has 0 spiro atoms. The summed E-state index contributed by atoms with van der Waals surface area (Å²) in [7, 11) is 1.89. The predicted octanol–water partition coefficient (Wildman–Crippen LogP) is 2.13. The highest BCUT2D eigenvalue weighted by Gasteiger charge is 2.23. The summed E-state index contributed by atoms with van der Waals surface area (Å²) in [5, 5.41) is 5.29. The summed E-state index contributed by atoms with van der Waals surface area (Å²) >= 11 is 0. The van der Waals surface area contributed by atoms with Crippen molar-refractivity contribution in [2.24, 2.45) is 13.0 Å². The number of aromatic nitrogens is 6. The summed E-state index contributed by atoms with van der Waals surface area (Å²) in [6.07, 6.45) is 7.17. The first-order valence-corrected chi connectivity index (χ1v) is 9.77. The van der Waals surface area contributed by atoms with E-state index in [1.54, 1.807) is 28.0 Å². The molecule has 1 fully saturated rings. The van der Waals surface area contributed by atoms with Gasteiger partial charge in [-0.05, 0) is 18.8 Å². The Morgan fingerprint density at radius 2 is 1.89 bits per heavy atom. The van der Waals surface area contributed by atoms with E-state index in [4.69, 9.17) is 0 Å². The topological polar surface area (TPSA) is 81.7 Å². The fourth-order valence-electron chi connectivity index (χ4n) is 3.78. The van der Waals surface area contributed by atoms with Crippen LogP contribution in [0.25, 0.3) is 11.0 Å². The Bertz CT molecular complexity index is 1040. The highest BCUT2D eigenvalue weighted by molar-refractivity contribution is 5.86. The standard InChI is InChI=1S/C20H27N7O/c1-20(2,3)16-9-17(28)27(13-23-16)11-14-5-7-26(8-6-14)19-15-10-24-25(4)18(15)21-12-22-19/h9-10,12-14H,5-8,11H2,1-4H3. The molecule has 3 aromatic heterocycles. The average Bonchev–Trinajstić information content (AvgIpc) is 3.04. The third-order valence-electron chi connectivity index (χ3n) is 5.53. The number of fused-ring (bicyclic) bond motifs is 1. The largest absolute Gasteiger partial charge is 0.356 e. The van der Waals surface area contributed by atoms with Gasteiger partial charge >= 0.3 is 0 Å². The van der Waals surface area contributed by atoms with E-state index in [0.29, 0.717) is 5.92 Å². The molecule has 0 radical (unpaired) electrons. The van der Waals surface area contributed by atoms with Gasteiger partial charge in [-0.1, -0.05) is 20.8 Å². The van der Waals surface area contributed by atoms with E-state index in [9.17, 15) is 4.79 Å². The quantitative estimate of drug-likeness (QED) is 0.691. The van der Waals surface area contributed by atoms with Gasteiger partial charge in [-0.15, -0.1) is 0 Å². The second-order valence-electron chi connectivity index (χ2n) is 8.65. The first kappa shape index (κ1) is 18.6. The van der Waals surface area contributed by atoms with Gasteiger partial charge in [0.25, 0.3) is 5.56 Å². The van der Waals surface area contributed by atoms with Crippen LogP contribution >= 0.6 is 0 Å². The van der Waals surface area contributed by atoms with Gasteiger partial charge in [-0.2, -0.15) is 5.10 Å². The molecule has 0 atom stereocenters. The molecule has 0 N–H and O–H groups in total. The summed E-state index contributed by atoms with van der Waals surface area (Å²) in [6, 6.07) is 1.68. The lowest BCUT2D eigenvalue weighted by Gasteiger charge is -2.33. The molecular formula is C20H27N7O. The third kappa shape index (κ3) is 3.50. The summed E-state index contributed by atoms with van der Waals surface area (Å²) in [5.41, 5.74) is 1.62. The van der Waals surface area contributed by atoms with E-state index in [-0.39, 0.29) is 11.0 Å². The van der Waals surface area contributed by atoms with Crippen molar-refractivity contribution >= 4 is 16.9 Å². The van der Waals surface area contributed by atoms with Crippen LogP contribution in [0.15, 0.2) is 29.7 Å². The van der Waals surface area contributed by atoms with Crippen molar-refractivity contribution in [3.8, 4) is 0 Å². The van der Waals surface area contributed by atoms with Gasteiger partial charge in [0.1, 0.15) is 12.1 Å². The normalized spacial score (nSPS) is 16.1. The minimum Gasteiger partial charge on any atom is -0.356 e. The van der Waals surface area contributed by atoms with Crippen LogP contribution in [0.2, 0.25) is 0 Å². The zero-order valence-corrected chi connectivity index (χ0v) is 17.0. The average molecular weight is 381 g/mol. The number of nitrogens with zero attached hydrogens (tertiary/aromatic N) is 7. The van der Waals surface area contributed by atoms with E-state index >= 15 is 0 Å². The van der Waals surface area contributed by atoms with Gasteiger partial charge in [-0.25, -0.2) is 15.0 Å². The number of anilines is 1. The molecular weight excluding hydrogens is 354 g/mol. The number of aryl methyl sites for hydroxylation is 1. The Balaban J connectivity index is 1.44. The summed E-state index contributed by atoms with van der Waals surface area (Å²) in [5.74, 6) is 1.41. The number of hydrogen-bond acceptors (Lipinski definition) is 6. The van der Waals surface area contributed by atoms with Crippen LogP contribution < -0.4 is 10.5 Å². The number of hydrogen-bond donors (Lipinski definition) is 0. The van der Waals surface area contributed by atoms with Gasteiger partial charge in [0.15, 0.2) is 5.65 Å². The minimum atomic E-state index is -0.112. The Kier molecular flexibility index (Phi) is 4.64. The highest BCUT2D eigenvalue weighted by Crippen LogP contribution is 2.27. The SMILES string of the molecule is Cn1ncc2c(N3CCC(Cn4cnc(C(C)(C)C)cc4=O)CC3)ncnc21. The Morgan fingerprint density at radius 1 is 1.14 bits per heavy atom. The minimum absolute atomic E-state index is 0.0372. The van der Waals surface area contributed by atoms with Gasteiger partial charge in [-0.3, -0.25) is 14.0 Å². The molecule has 4 rings (SSSR count). The monoisotopic (exact) mass is 381 g/mol. The Labute approximate surface area is 164 Å². The maximum atomic E-state index is 12.5. The second kappa shape index (κ2) is 7.00. The lowest BCUT2D eigenvalue weighted by Crippen LogP contribution is -2.37. The molecule has 1 saturated heterocycles. The van der Waals surface area contributed by atoms with Crippen LogP contribution in [-0.4, -0.2) is 42.4 Å². The van der Waals surface area contributed by atoms with Crippen molar-refractivity contribution in [2.45, 2.75) is 45.6 Å². The lowest BCUT2D eigenvalue weighted by molar-refractivity contribution is 0.349. The first-order chi connectivity index (χ1) is 13.3. The molecule has 0 saturated carbocycles. The van der Waals surface area contributed by atoms with E-state index in [1.807, 2.05) is 13.2 Å². The second-order valence-corrected chi connectivity index (χ2v) is 8.65. The van der Waals surface area contributed by atoms with Gasteiger partial charge in [0.05, 0.1) is 23.6 Å². The molecule has 3 aromatic rings. The zero-order chi connectivity index (χ0) is 19.9. The Hall–Kier alpha value is -2.77. The van der Waals surface area contributed by atoms with Gasteiger partial charge in [0, 0.05) is 38.2 Å². The van der Waals surface area contributed by atoms with Crippen LogP contribution in [0.1, 0.15) is 39.3 Å². The molecule has 0 aliphatic carbocycles. The van der Waals surface area contributed by atoms with Crippen molar-refractivity contribution in [3.05, 3.63) is 41.0 Å². The molecule has 8 nitrogen and oxygen atoms in total. The molecule has 148 valence electrons. The first-order valence-electron chi connectivity index (χ1n) is 9.77. The predicted molar refractivity (Wildman–Crippen MR) is 108 cm³/mol. The van der Waals surface area contributed by atoms with Gasteiger partial charge in [0.2, 0.25) is 0 Å². The van der Waals surface area contributed by atoms with E-state index in [2.05, 4.69) is 45.7 Å². The Morgan fingerprint density at radius 3 is 2.57 bits per heavy atom. The molecule has 0 amide bonds. The summed E-state index contributed by atoms with van der Waals surface area (Å²) < 4.78 is 3.52. The number of piperidine rings is 1. The molecule has 0 unspecified atom stereocenters. The molecule has 0 bridgehead atoms. The van der Waals surface area contributed by atoms with Crippen molar-refractivity contribution in [1.29, 1.82) is 0 Å². The van der Waals surface area contributed by atoms with Crippen LogP contribution in [0, 0.1) is 5.92 Å². The van der Waals surface area contributed by atoms with Crippen molar-refractivity contribution in [2.75, 3.05) is 18.0 Å². The molecule has 1 aliphatic heterocycles. The van der Waals surface area contributed by atoms with Crippen molar-refractivity contribution in [1.82, 2.24) is 29.3 Å². The van der Waals surface area contributed by atoms with Crippen molar-refractivity contribution < 1.29 is 0 Å². The van der Waals surface area contributed by atoms with Crippen LogP contribution in [0.4, 0.5) is 5.82 Å². The molecule has 28 heavy (non-hydrogen) atoms. The summed E-state index contributed by atoms with van der Waals surface area (Å²) in [4.78, 5) is 28.1. The summed E-state index contributed by atoms with van der Waals surface area (Å²) in [6.45, 7) is 8.75. The van der Waals surface area contributed by atoms with E-state index < -0.39 is 0 Å². The number of rotatable bonds is 3. The highest BCUT2D eigenvalue weighted by atomic mass is 16.1. The fraction of sp³-hybridized carbons (Fsp3) is 0.550. The smallest absolute Gasteiger partial charge is 0.253 e. The zero-order valence-electron chi connectivity index (χ0n) is 17.0. The maximum Gasteiger partial charge on any atom is 0.253 e. The van der Waals surface area contributed by atoms with E-state index in [1.165, 1.54) is 0 Å². The third-order valence-corrected chi connectivity index (χ3v) is 5.53. The maximum absolute atomic E-state index is 12.5. The molecule has 8 heteroatoms.